The van der Waals surface area contributed by atoms with Gasteiger partial charge in [0, 0.05) is 5.02 Å². The van der Waals surface area contributed by atoms with Gasteiger partial charge in [-0.3, -0.25) is 4.79 Å². The average Bonchev–Trinajstić information content (AvgIpc) is 3.16. The Kier molecular flexibility index (Phi) is 5.07. The fraction of sp³-hybridized carbons (Fsp3) is 0.250. The first kappa shape index (κ1) is 17.5. The summed E-state index contributed by atoms with van der Waals surface area (Å²) in [5, 5.41) is 11.5. The van der Waals surface area contributed by atoms with Crippen LogP contribution < -0.4 is 10.1 Å². The molecule has 138 valence electrons. The van der Waals surface area contributed by atoms with E-state index in [2.05, 4.69) is 21.7 Å². The molecule has 0 saturated carbocycles. The predicted molar refractivity (Wildman–Crippen MR) is 102 cm³/mol. The Bertz CT molecular complexity index is 956. The van der Waals surface area contributed by atoms with Crippen molar-refractivity contribution >= 4 is 17.5 Å². The summed E-state index contributed by atoms with van der Waals surface area (Å²) in [5.41, 5.74) is 2.41. The number of carbonyl (C=O) groups excluding carboxylic acids is 1. The largest absolute Gasteiger partial charge is 0.488 e. The first-order valence-electron chi connectivity index (χ1n) is 8.85. The van der Waals surface area contributed by atoms with Crippen LogP contribution in [0.4, 0.5) is 0 Å². The van der Waals surface area contributed by atoms with Crippen LogP contribution in [0.15, 0.2) is 54.7 Å². The molecule has 0 bridgehead atoms. The molecular formula is C20H19ClN4O2. The maximum atomic E-state index is 12.4. The minimum absolute atomic E-state index is 0.0398. The second-order valence-electron chi connectivity index (χ2n) is 6.49. The maximum absolute atomic E-state index is 12.4. The lowest BCUT2D eigenvalue weighted by Crippen LogP contribution is -2.37. The van der Waals surface area contributed by atoms with Gasteiger partial charge in [0.25, 0.3) is 5.91 Å². The smallest absolute Gasteiger partial charge is 0.273 e. The number of benzene rings is 2. The molecule has 0 aliphatic carbocycles. The van der Waals surface area contributed by atoms with E-state index in [1.807, 2.05) is 42.5 Å². The molecule has 0 fully saturated rings. The molecule has 0 radical (unpaired) electrons. The third-order valence-corrected chi connectivity index (χ3v) is 4.92. The van der Waals surface area contributed by atoms with E-state index in [4.69, 9.17) is 16.3 Å². The normalized spacial score (nSPS) is 15.7. The molecule has 0 saturated heterocycles. The van der Waals surface area contributed by atoms with Gasteiger partial charge in [0.1, 0.15) is 11.9 Å². The number of amides is 1. The van der Waals surface area contributed by atoms with Gasteiger partial charge in [-0.25, -0.2) is 4.68 Å². The molecule has 7 heteroatoms. The fourth-order valence-electron chi connectivity index (χ4n) is 3.10. The molecule has 1 aliphatic rings. The average molecular weight is 383 g/mol. The number of halogens is 1. The zero-order valence-corrected chi connectivity index (χ0v) is 15.4. The summed E-state index contributed by atoms with van der Waals surface area (Å²) in [5.74, 6) is 0.636. The van der Waals surface area contributed by atoms with Crippen molar-refractivity contribution in [2.75, 3.05) is 6.54 Å². The number of hydrogen-bond acceptors (Lipinski definition) is 4. The molecule has 1 atom stereocenters. The minimum atomic E-state index is -0.261. The lowest BCUT2D eigenvalue weighted by molar-refractivity contribution is 0.0913. The number of aromatic nitrogens is 3. The highest BCUT2D eigenvalue weighted by Crippen LogP contribution is 2.26. The van der Waals surface area contributed by atoms with E-state index in [-0.39, 0.29) is 17.7 Å². The standard InChI is InChI=1S/C20H19ClN4O2/c21-17-7-3-1-6-15(17)12-25-13-18(23-24-25)20(26)22-11-16-10-9-14-5-2-4-8-19(14)27-16/h1-8,13,16H,9-12H2,(H,22,26)/t16-/m0/s1. The molecule has 0 unspecified atom stereocenters. The zero-order chi connectivity index (χ0) is 18.6. The van der Waals surface area contributed by atoms with Crippen LogP contribution in [0.25, 0.3) is 0 Å². The van der Waals surface area contributed by atoms with Crippen LogP contribution in [0.3, 0.4) is 0 Å². The van der Waals surface area contributed by atoms with Crippen molar-refractivity contribution in [1.82, 2.24) is 20.3 Å². The second kappa shape index (κ2) is 7.80. The van der Waals surface area contributed by atoms with E-state index >= 15 is 0 Å². The summed E-state index contributed by atoms with van der Waals surface area (Å²) in [6.45, 7) is 0.896. The quantitative estimate of drug-likeness (QED) is 0.736. The molecule has 4 rings (SSSR count). The van der Waals surface area contributed by atoms with Crippen molar-refractivity contribution in [3.05, 3.63) is 76.6 Å². The van der Waals surface area contributed by atoms with Gasteiger partial charge in [-0.1, -0.05) is 53.2 Å². The van der Waals surface area contributed by atoms with Gasteiger partial charge in [0.15, 0.2) is 5.69 Å². The summed E-state index contributed by atoms with van der Waals surface area (Å²) in [6.07, 6.45) is 3.40. The number of rotatable bonds is 5. The number of nitrogens with one attached hydrogen (secondary N) is 1. The molecule has 1 aromatic heterocycles. The topological polar surface area (TPSA) is 69.0 Å². The van der Waals surface area contributed by atoms with E-state index < -0.39 is 0 Å². The van der Waals surface area contributed by atoms with Crippen LogP contribution in [0, 0.1) is 0 Å². The van der Waals surface area contributed by atoms with Crippen LogP contribution >= 0.6 is 11.6 Å². The van der Waals surface area contributed by atoms with E-state index in [9.17, 15) is 4.79 Å². The Morgan fingerprint density at radius 2 is 2.04 bits per heavy atom. The lowest BCUT2D eigenvalue weighted by Gasteiger charge is -2.26. The molecule has 1 amide bonds. The number of aryl methyl sites for hydroxylation is 1. The first-order valence-corrected chi connectivity index (χ1v) is 9.23. The molecule has 27 heavy (non-hydrogen) atoms. The van der Waals surface area contributed by atoms with Crippen molar-refractivity contribution in [1.29, 1.82) is 0 Å². The molecular weight excluding hydrogens is 364 g/mol. The van der Waals surface area contributed by atoms with Crippen molar-refractivity contribution < 1.29 is 9.53 Å². The Labute approximate surface area is 162 Å². The van der Waals surface area contributed by atoms with Gasteiger partial charge in [0.2, 0.25) is 0 Å². The number of fused-ring (bicyclic) bond motifs is 1. The molecule has 0 spiro atoms. The molecule has 6 nitrogen and oxygen atoms in total. The highest BCUT2D eigenvalue weighted by atomic mass is 35.5. The summed E-state index contributed by atoms with van der Waals surface area (Å²) in [7, 11) is 0. The zero-order valence-electron chi connectivity index (χ0n) is 14.6. The fourth-order valence-corrected chi connectivity index (χ4v) is 3.30. The lowest BCUT2D eigenvalue weighted by atomic mass is 10.0. The van der Waals surface area contributed by atoms with Crippen molar-refractivity contribution in [3.8, 4) is 5.75 Å². The minimum Gasteiger partial charge on any atom is -0.488 e. The van der Waals surface area contributed by atoms with Crippen LogP contribution in [0.2, 0.25) is 5.02 Å². The number of hydrogen-bond donors (Lipinski definition) is 1. The molecule has 1 N–H and O–H groups in total. The van der Waals surface area contributed by atoms with Gasteiger partial charge >= 0.3 is 0 Å². The van der Waals surface area contributed by atoms with Crippen LogP contribution in [-0.4, -0.2) is 33.5 Å². The summed E-state index contributed by atoms with van der Waals surface area (Å²) < 4.78 is 7.55. The Morgan fingerprint density at radius 1 is 1.22 bits per heavy atom. The predicted octanol–water partition coefficient (Wildman–Crippen LogP) is 3.10. The molecule has 1 aliphatic heterocycles. The van der Waals surface area contributed by atoms with Crippen LogP contribution in [0.1, 0.15) is 28.0 Å². The second-order valence-corrected chi connectivity index (χ2v) is 6.90. The van der Waals surface area contributed by atoms with Gasteiger partial charge in [0.05, 0.1) is 19.3 Å². The summed E-state index contributed by atoms with van der Waals surface area (Å²) in [4.78, 5) is 12.4. The SMILES string of the molecule is O=C(NC[C@@H]1CCc2ccccc2O1)c1cn(Cc2ccccc2Cl)nn1. The highest BCUT2D eigenvalue weighted by Gasteiger charge is 2.20. The highest BCUT2D eigenvalue weighted by molar-refractivity contribution is 6.31. The Morgan fingerprint density at radius 3 is 2.93 bits per heavy atom. The van der Waals surface area contributed by atoms with Crippen LogP contribution in [0.5, 0.6) is 5.75 Å². The first-order chi connectivity index (χ1) is 13.2. The number of para-hydroxylation sites is 1. The van der Waals surface area contributed by atoms with Crippen molar-refractivity contribution in [2.24, 2.45) is 0 Å². The molecule has 3 aromatic rings. The van der Waals surface area contributed by atoms with Crippen molar-refractivity contribution in [2.45, 2.75) is 25.5 Å². The Balaban J connectivity index is 1.33. The molecule has 2 heterocycles. The van der Waals surface area contributed by atoms with Gasteiger partial charge < -0.3 is 10.1 Å². The van der Waals surface area contributed by atoms with Gasteiger partial charge in [-0.2, -0.15) is 0 Å². The maximum Gasteiger partial charge on any atom is 0.273 e. The van der Waals surface area contributed by atoms with Crippen molar-refractivity contribution in [3.63, 3.8) is 0 Å². The summed E-state index contributed by atoms with van der Waals surface area (Å²) >= 11 is 6.16. The molecule has 2 aromatic carbocycles. The monoisotopic (exact) mass is 382 g/mol. The number of carbonyl (C=O) groups is 1. The third kappa shape index (κ3) is 4.11. The number of nitrogens with zero attached hydrogens (tertiary/aromatic N) is 3. The number of ether oxygens (including phenoxy) is 1. The van der Waals surface area contributed by atoms with E-state index in [0.717, 1.165) is 24.2 Å². The van der Waals surface area contributed by atoms with Crippen LogP contribution in [-0.2, 0) is 13.0 Å². The summed E-state index contributed by atoms with van der Waals surface area (Å²) in [6, 6.07) is 15.5. The van der Waals surface area contributed by atoms with Gasteiger partial charge in [-0.05, 0) is 36.1 Å². The van der Waals surface area contributed by atoms with E-state index in [1.54, 1.807) is 10.9 Å². The van der Waals surface area contributed by atoms with E-state index in [0.29, 0.717) is 18.1 Å². The third-order valence-electron chi connectivity index (χ3n) is 4.55. The Hall–Kier alpha value is -2.86. The van der Waals surface area contributed by atoms with E-state index in [1.165, 1.54) is 5.56 Å². The van der Waals surface area contributed by atoms with Gasteiger partial charge in [-0.15, -0.1) is 5.10 Å².